The molecule has 25 heavy (non-hydrogen) atoms. The lowest BCUT2D eigenvalue weighted by Gasteiger charge is -2.08. The van der Waals surface area contributed by atoms with Crippen molar-refractivity contribution in [1.82, 2.24) is 4.57 Å². The number of nitrogens with zero attached hydrogens (tertiary/aromatic N) is 1. The molecular formula is C22H15NO2. The van der Waals surface area contributed by atoms with Crippen LogP contribution in [0.3, 0.4) is 0 Å². The van der Waals surface area contributed by atoms with Gasteiger partial charge in [0.15, 0.2) is 0 Å². The Bertz CT molecular complexity index is 1140. The zero-order valence-corrected chi connectivity index (χ0v) is 13.5. The second-order valence-electron chi connectivity index (χ2n) is 6.19. The van der Waals surface area contributed by atoms with Gasteiger partial charge in [-0.25, -0.2) is 9.36 Å². The summed E-state index contributed by atoms with van der Waals surface area (Å²) in [5.74, 6) is 0. The second-order valence-corrected chi connectivity index (χ2v) is 6.19. The smallest absolute Gasteiger partial charge is 0.419 e. The number of rotatable bonds is 2. The Kier molecular flexibility index (Phi) is 3.01. The van der Waals surface area contributed by atoms with Gasteiger partial charge in [0.1, 0.15) is 6.61 Å². The first kappa shape index (κ1) is 14.1. The van der Waals surface area contributed by atoms with Crippen molar-refractivity contribution in [1.29, 1.82) is 0 Å². The maximum Gasteiger partial charge on any atom is 0.419 e. The molecule has 5 rings (SSSR count). The van der Waals surface area contributed by atoms with E-state index in [1.165, 1.54) is 0 Å². The van der Waals surface area contributed by atoms with Crippen molar-refractivity contribution in [3.8, 4) is 0 Å². The largest absolute Gasteiger partial charge is 0.444 e. The maximum atomic E-state index is 12.9. The highest BCUT2D eigenvalue weighted by Crippen LogP contribution is 2.36. The summed E-state index contributed by atoms with van der Waals surface area (Å²) >= 11 is 0. The summed E-state index contributed by atoms with van der Waals surface area (Å²) in [6.45, 7) is 0.262. The van der Waals surface area contributed by atoms with Gasteiger partial charge >= 0.3 is 6.09 Å². The molecule has 0 radical (unpaired) electrons. The highest BCUT2D eigenvalue weighted by atomic mass is 16.5. The summed E-state index contributed by atoms with van der Waals surface area (Å²) in [6, 6.07) is 26.0. The molecule has 0 unspecified atom stereocenters. The molecule has 3 nitrogen and oxygen atoms in total. The van der Waals surface area contributed by atoms with Crippen LogP contribution < -0.4 is 0 Å². The Morgan fingerprint density at radius 2 is 1.32 bits per heavy atom. The number of hydrogen-bond acceptors (Lipinski definition) is 2. The van der Waals surface area contributed by atoms with Crippen LogP contribution in [-0.4, -0.2) is 10.7 Å². The molecular weight excluding hydrogens is 310 g/mol. The van der Waals surface area contributed by atoms with Crippen LogP contribution in [0.25, 0.3) is 32.6 Å². The Labute approximate surface area is 144 Å². The van der Waals surface area contributed by atoms with Gasteiger partial charge in [-0.05, 0) is 28.5 Å². The summed E-state index contributed by atoms with van der Waals surface area (Å²) in [7, 11) is 0. The molecule has 0 aliphatic carbocycles. The van der Waals surface area contributed by atoms with E-state index in [1.807, 2.05) is 54.6 Å². The molecule has 0 aliphatic rings. The Balaban J connectivity index is 1.67. The first-order valence-electron chi connectivity index (χ1n) is 8.28. The van der Waals surface area contributed by atoms with Crippen molar-refractivity contribution in [2.45, 2.75) is 6.61 Å². The molecule has 1 aromatic heterocycles. The molecule has 0 aliphatic heterocycles. The summed E-state index contributed by atoms with van der Waals surface area (Å²) in [5, 5.41) is 4.51. The van der Waals surface area contributed by atoms with Gasteiger partial charge in [0, 0.05) is 10.8 Å². The van der Waals surface area contributed by atoms with E-state index in [0.717, 1.165) is 38.1 Å². The molecule has 120 valence electrons. The van der Waals surface area contributed by atoms with Crippen LogP contribution in [0, 0.1) is 0 Å². The fraction of sp³-hybridized carbons (Fsp3) is 0.0455. The van der Waals surface area contributed by atoms with E-state index in [-0.39, 0.29) is 12.7 Å². The van der Waals surface area contributed by atoms with Gasteiger partial charge in [0.2, 0.25) is 0 Å². The Hall–Kier alpha value is -3.33. The van der Waals surface area contributed by atoms with E-state index in [9.17, 15) is 4.79 Å². The lowest BCUT2D eigenvalue weighted by Crippen LogP contribution is -2.13. The molecule has 1 heterocycles. The van der Waals surface area contributed by atoms with Gasteiger partial charge in [-0.1, -0.05) is 66.7 Å². The molecule has 5 aromatic rings. The van der Waals surface area contributed by atoms with Crippen LogP contribution in [0.1, 0.15) is 5.56 Å². The molecule has 0 saturated heterocycles. The molecule has 0 saturated carbocycles. The highest BCUT2D eigenvalue weighted by molar-refractivity contribution is 6.25. The van der Waals surface area contributed by atoms with Crippen LogP contribution >= 0.6 is 0 Å². The quantitative estimate of drug-likeness (QED) is 0.397. The van der Waals surface area contributed by atoms with E-state index >= 15 is 0 Å². The standard InChI is InChI=1S/C22H15NO2/c24-22(25-14-15-6-2-1-3-7-15)23-18-10-4-8-16-12-13-17-9-5-11-19(23)21(17)20(16)18/h1-13H,14H2. The summed E-state index contributed by atoms with van der Waals surface area (Å²) < 4.78 is 7.28. The van der Waals surface area contributed by atoms with E-state index in [0.29, 0.717) is 0 Å². The third kappa shape index (κ3) is 2.09. The lowest BCUT2D eigenvalue weighted by molar-refractivity contribution is 0.143. The van der Waals surface area contributed by atoms with Gasteiger partial charge in [-0.2, -0.15) is 0 Å². The third-order valence-electron chi connectivity index (χ3n) is 4.71. The minimum absolute atomic E-state index is 0.262. The summed E-state index contributed by atoms with van der Waals surface area (Å²) in [5.41, 5.74) is 2.76. The Morgan fingerprint density at radius 3 is 1.92 bits per heavy atom. The first-order chi connectivity index (χ1) is 12.3. The predicted octanol–water partition coefficient (Wildman–Crippen LogP) is 5.57. The minimum Gasteiger partial charge on any atom is -0.444 e. The van der Waals surface area contributed by atoms with Crippen LogP contribution in [0.5, 0.6) is 0 Å². The number of ether oxygens (including phenoxy) is 1. The van der Waals surface area contributed by atoms with Crippen molar-refractivity contribution < 1.29 is 9.53 Å². The molecule has 0 amide bonds. The molecule has 0 bridgehead atoms. The van der Waals surface area contributed by atoms with E-state index in [4.69, 9.17) is 4.74 Å². The molecule has 3 heteroatoms. The number of hydrogen-bond donors (Lipinski definition) is 0. The molecule has 0 atom stereocenters. The van der Waals surface area contributed by atoms with Crippen LogP contribution in [0.15, 0.2) is 78.9 Å². The monoisotopic (exact) mass is 325 g/mol. The number of carbonyl (C=O) groups is 1. The van der Waals surface area contributed by atoms with Crippen LogP contribution in [-0.2, 0) is 11.3 Å². The SMILES string of the molecule is O=C(OCc1ccccc1)n1c2cccc3ccc4cccc1c4c32. The number of carbonyl (C=O) groups excluding carboxylic acids is 1. The zero-order valence-electron chi connectivity index (χ0n) is 13.5. The van der Waals surface area contributed by atoms with Crippen LogP contribution in [0.2, 0.25) is 0 Å². The number of benzene rings is 4. The second kappa shape index (κ2) is 5.35. The van der Waals surface area contributed by atoms with E-state index < -0.39 is 0 Å². The molecule has 0 N–H and O–H groups in total. The van der Waals surface area contributed by atoms with E-state index in [2.05, 4.69) is 24.3 Å². The van der Waals surface area contributed by atoms with Gasteiger partial charge in [0.25, 0.3) is 0 Å². The number of aromatic nitrogens is 1. The maximum absolute atomic E-state index is 12.9. The van der Waals surface area contributed by atoms with Crippen LogP contribution in [0.4, 0.5) is 4.79 Å². The Morgan fingerprint density at radius 1 is 0.720 bits per heavy atom. The fourth-order valence-electron chi connectivity index (χ4n) is 3.60. The van der Waals surface area contributed by atoms with Crippen molar-refractivity contribution in [2.75, 3.05) is 0 Å². The average molecular weight is 325 g/mol. The first-order valence-corrected chi connectivity index (χ1v) is 8.28. The normalized spacial score (nSPS) is 11.5. The van der Waals surface area contributed by atoms with Crippen molar-refractivity contribution in [2.24, 2.45) is 0 Å². The lowest BCUT2D eigenvalue weighted by atomic mass is 10.0. The minimum atomic E-state index is -0.347. The summed E-state index contributed by atoms with van der Waals surface area (Å²) in [6.07, 6.45) is -0.347. The highest BCUT2D eigenvalue weighted by Gasteiger charge is 2.19. The molecule has 0 spiro atoms. The fourth-order valence-corrected chi connectivity index (χ4v) is 3.60. The third-order valence-corrected chi connectivity index (χ3v) is 4.71. The van der Waals surface area contributed by atoms with Crippen molar-refractivity contribution in [3.63, 3.8) is 0 Å². The zero-order chi connectivity index (χ0) is 16.8. The van der Waals surface area contributed by atoms with Gasteiger partial charge in [-0.3, -0.25) is 0 Å². The summed E-state index contributed by atoms with van der Waals surface area (Å²) in [4.78, 5) is 12.9. The van der Waals surface area contributed by atoms with Gasteiger partial charge in [-0.15, -0.1) is 0 Å². The van der Waals surface area contributed by atoms with Crippen molar-refractivity contribution in [3.05, 3.63) is 84.4 Å². The molecule has 0 fully saturated rings. The topological polar surface area (TPSA) is 31.2 Å². The van der Waals surface area contributed by atoms with E-state index in [1.54, 1.807) is 4.57 Å². The van der Waals surface area contributed by atoms with Crippen molar-refractivity contribution >= 4 is 38.7 Å². The van der Waals surface area contributed by atoms with Gasteiger partial charge in [0.05, 0.1) is 11.0 Å². The predicted molar refractivity (Wildman–Crippen MR) is 100 cm³/mol. The van der Waals surface area contributed by atoms with Gasteiger partial charge < -0.3 is 4.74 Å². The molecule has 4 aromatic carbocycles. The average Bonchev–Trinajstić information content (AvgIpc) is 3.01.